The fraction of sp³-hybridized carbons (Fsp3) is 0.391. The van der Waals surface area contributed by atoms with Gasteiger partial charge in [-0.2, -0.15) is 0 Å². The molecule has 0 saturated heterocycles. The molecule has 1 fully saturated rings. The molecule has 29 heavy (non-hydrogen) atoms. The van der Waals surface area contributed by atoms with Crippen molar-refractivity contribution in [1.82, 2.24) is 5.32 Å². The molecular weight excluding hydrogens is 368 g/mol. The second-order valence-corrected chi connectivity index (χ2v) is 7.40. The Morgan fingerprint density at radius 3 is 2.48 bits per heavy atom. The summed E-state index contributed by atoms with van der Waals surface area (Å²) in [7, 11) is 1.53. The van der Waals surface area contributed by atoms with Crippen LogP contribution in [0, 0.1) is 5.92 Å². The Hall–Kier alpha value is -3.02. The van der Waals surface area contributed by atoms with E-state index >= 15 is 0 Å². The summed E-state index contributed by atoms with van der Waals surface area (Å²) in [4.78, 5) is 24.6. The third-order valence-electron chi connectivity index (χ3n) is 5.29. The van der Waals surface area contributed by atoms with E-state index in [9.17, 15) is 9.59 Å². The van der Waals surface area contributed by atoms with E-state index in [1.165, 1.54) is 13.5 Å². The molecule has 0 spiro atoms. The molecule has 2 amide bonds. The van der Waals surface area contributed by atoms with Crippen molar-refractivity contribution in [3.8, 4) is 11.5 Å². The molecule has 0 unspecified atom stereocenters. The summed E-state index contributed by atoms with van der Waals surface area (Å²) >= 11 is 0. The number of nitrogens with one attached hydrogen (secondary N) is 2. The lowest BCUT2D eigenvalue weighted by Crippen LogP contribution is -2.43. The van der Waals surface area contributed by atoms with E-state index < -0.39 is 0 Å². The Kier molecular flexibility index (Phi) is 7.11. The maximum Gasteiger partial charge on any atom is 0.259 e. The van der Waals surface area contributed by atoms with Gasteiger partial charge in [-0.25, -0.2) is 0 Å². The highest BCUT2D eigenvalue weighted by Gasteiger charge is 2.22. The number of amides is 2. The standard InChI is InChI=1S/C23H28N2O4/c1-16-7-3-5-9-20(16)25-22(26)15-29-18-13-11-17(12-14-18)24-23(27)19-8-4-6-10-21(19)28-2/h4,6,8,10-14,16,20H,3,5,7,9,15H2,1-2H3,(H,24,27)(H,25,26)/t16-,20+/m0/s1. The Morgan fingerprint density at radius 2 is 1.76 bits per heavy atom. The van der Waals surface area contributed by atoms with E-state index in [-0.39, 0.29) is 24.5 Å². The van der Waals surface area contributed by atoms with Gasteiger partial charge in [0, 0.05) is 11.7 Å². The van der Waals surface area contributed by atoms with E-state index in [0.717, 1.165) is 19.3 Å². The summed E-state index contributed by atoms with van der Waals surface area (Å²) < 4.78 is 10.8. The maximum atomic E-state index is 12.4. The van der Waals surface area contributed by atoms with Crippen molar-refractivity contribution in [2.24, 2.45) is 5.92 Å². The second kappa shape index (κ2) is 9.96. The first kappa shape index (κ1) is 20.7. The highest BCUT2D eigenvalue weighted by Crippen LogP contribution is 2.24. The minimum absolute atomic E-state index is 0.0177. The van der Waals surface area contributed by atoms with Crippen molar-refractivity contribution in [3.05, 3.63) is 54.1 Å². The summed E-state index contributed by atoms with van der Waals surface area (Å²) in [6.07, 6.45) is 4.60. The fourth-order valence-electron chi connectivity index (χ4n) is 3.59. The van der Waals surface area contributed by atoms with Gasteiger partial charge in [0.1, 0.15) is 11.5 Å². The molecule has 2 atom stereocenters. The molecule has 0 radical (unpaired) electrons. The summed E-state index contributed by atoms with van der Waals surface area (Å²) in [6.45, 7) is 2.17. The molecule has 0 bridgehead atoms. The minimum atomic E-state index is -0.253. The first-order valence-corrected chi connectivity index (χ1v) is 10.0. The molecule has 1 saturated carbocycles. The molecular formula is C23H28N2O4. The highest BCUT2D eigenvalue weighted by molar-refractivity contribution is 6.06. The van der Waals surface area contributed by atoms with Gasteiger partial charge in [-0.15, -0.1) is 0 Å². The van der Waals surface area contributed by atoms with Crippen LogP contribution in [0.25, 0.3) is 0 Å². The Balaban J connectivity index is 1.49. The fourth-order valence-corrected chi connectivity index (χ4v) is 3.59. The summed E-state index contributed by atoms with van der Waals surface area (Å²) in [5.74, 6) is 1.25. The van der Waals surface area contributed by atoms with Crippen LogP contribution in [-0.2, 0) is 4.79 Å². The van der Waals surface area contributed by atoms with Gasteiger partial charge in [0.05, 0.1) is 12.7 Å². The van der Waals surface area contributed by atoms with Gasteiger partial charge in [-0.3, -0.25) is 9.59 Å². The zero-order valence-electron chi connectivity index (χ0n) is 16.9. The SMILES string of the molecule is COc1ccccc1C(=O)Nc1ccc(OCC(=O)N[C@@H]2CCCC[C@@H]2C)cc1. The van der Waals surface area contributed by atoms with Gasteiger partial charge < -0.3 is 20.1 Å². The number of ether oxygens (including phenoxy) is 2. The first-order chi connectivity index (χ1) is 14.1. The lowest BCUT2D eigenvalue weighted by atomic mass is 9.86. The number of anilines is 1. The molecule has 6 nitrogen and oxygen atoms in total. The molecule has 3 rings (SSSR count). The largest absolute Gasteiger partial charge is 0.496 e. The van der Waals surface area contributed by atoms with Gasteiger partial charge >= 0.3 is 0 Å². The average molecular weight is 396 g/mol. The van der Waals surface area contributed by atoms with Crippen LogP contribution in [0.4, 0.5) is 5.69 Å². The van der Waals surface area contributed by atoms with Gasteiger partial charge in [0.25, 0.3) is 11.8 Å². The first-order valence-electron chi connectivity index (χ1n) is 10.0. The van der Waals surface area contributed by atoms with Crippen LogP contribution in [0.2, 0.25) is 0 Å². The lowest BCUT2D eigenvalue weighted by Gasteiger charge is -2.29. The number of carbonyl (C=O) groups is 2. The molecule has 154 valence electrons. The average Bonchev–Trinajstić information content (AvgIpc) is 2.75. The Labute approximate surface area is 171 Å². The van der Waals surface area contributed by atoms with Crippen LogP contribution in [0.15, 0.2) is 48.5 Å². The van der Waals surface area contributed by atoms with Crippen LogP contribution in [0.1, 0.15) is 43.0 Å². The van der Waals surface area contributed by atoms with Crippen molar-refractivity contribution in [1.29, 1.82) is 0 Å². The summed E-state index contributed by atoms with van der Waals surface area (Å²) in [5.41, 5.74) is 1.10. The summed E-state index contributed by atoms with van der Waals surface area (Å²) in [6, 6.07) is 14.2. The van der Waals surface area contributed by atoms with Crippen molar-refractivity contribution < 1.29 is 19.1 Å². The zero-order valence-corrected chi connectivity index (χ0v) is 16.9. The van der Waals surface area contributed by atoms with Crippen LogP contribution in [0.3, 0.4) is 0 Å². The third-order valence-corrected chi connectivity index (χ3v) is 5.29. The monoisotopic (exact) mass is 396 g/mol. The van der Waals surface area contributed by atoms with Crippen LogP contribution < -0.4 is 20.1 Å². The normalized spacial score (nSPS) is 18.6. The predicted octanol–water partition coefficient (Wildman–Crippen LogP) is 4.02. The number of hydrogen-bond donors (Lipinski definition) is 2. The number of rotatable bonds is 7. The van der Waals surface area contributed by atoms with Crippen molar-refractivity contribution in [2.45, 2.75) is 38.6 Å². The quantitative estimate of drug-likeness (QED) is 0.741. The van der Waals surface area contributed by atoms with Crippen LogP contribution >= 0.6 is 0 Å². The van der Waals surface area contributed by atoms with E-state index in [1.54, 1.807) is 42.5 Å². The van der Waals surface area contributed by atoms with Crippen molar-refractivity contribution in [3.63, 3.8) is 0 Å². The van der Waals surface area contributed by atoms with Gasteiger partial charge in [-0.05, 0) is 55.2 Å². The van der Waals surface area contributed by atoms with E-state index in [0.29, 0.717) is 28.7 Å². The molecule has 0 aromatic heterocycles. The molecule has 0 heterocycles. The zero-order chi connectivity index (χ0) is 20.6. The number of methoxy groups -OCH3 is 1. The van der Waals surface area contributed by atoms with E-state index in [4.69, 9.17) is 9.47 Å². The smallest absolute Gasteiger partial charge is 0.259 e. The Morgan fingerprint density at radius 1 is 1.03 bits per heavy atom. The number of carbonyl (C=O) groups excluding carboxylic acids is 2. The minimum Gasteiger partial charge on any atom is -0.496 e. The highest BCUT2D eigenvalue weighted by atomic mass is 16.5. The van der Waals surface area contributed by atoms with Crippen LogP contribution in [-0.4, -0.2) is 31.6 Å². The molecule has 0 aliphatic heterocycles. The van der Waals surface area contributed by atoms with Crippen molar-refractivity contribution in [2.75, 3.05) is 19.0 Å². The number of para-hydroxylation sites is 1. The molecule has 2 aromatic carbocycles. The van der Waals surface area contributed by atoms with E-state index in [2.05, 4.69) is 17.6 Å². The molecule has 6 heteroatoms. The van der Waals surface area contributed by atoms with Gasteiger partial charge in [0.2, 0.25) is 0 Å². The van der Waals surface area contributed by atoms with Gasteiger partial charge in [0.15, 0.2) is 6.61 Å². The van der Waals surface area contributed by atoms with Gasteiger partial charge in [-0.1, -0.05) is 31.9 Å². The summed E-state index contributed by atoms with van der Waals surface area (Å²) in [5, 5.41) is 5.90. The Bertz CT molecular complexity index is 835. The lowest BCUT2D eigenvalue weighted by molar-refractivity contribution is -0.124. The molecule has 2 N–H and O–H groups in total. The molecule has 2 aromatic rings. The number of hydrogen-bond acceptors (Lipinski definition) is 4. The third kappa shape index (κ3) is 5.73. The topological polar surface area (TPSA) is 76.7 Å². The second-order valence-electron chi connectivity index (χ2n) is 7.40. The van der Waals surface area contributed by atoms with Crippen LogP contribution in [0.5, 0.6) is 11.5 Å². The maximum absolute atomic E-state index is 12.4. The predicted molar refractivity (Wildman–Crippen MR) is 112 cm³/mol. The molecule has 1 aliphatic rings. The number of benzene rings is 2. The van der Waals surface area contributed by atoms with Crippen molar-refractivity contribution >= 4 is 17.5 Å². The molecule has 1 aliphatic carbocycles. The van der Waals surface area contributed by atoms with E-state index in [1.807, 2.05) is 6.07 Å².